The second-order valence-corrected chi connectivity index (χ2v) is 4.68. The first-order chi connectivity index (χ1) is 8.17. The van der Waals surface area contributed by atoms with Gasteiger partial charge in [0, 0.05) is 6.04 Å². The van der Waals surface area contributed by atoms with Gasteiger partial charge >= 0.3 is 5.97 Å². The molecule has 1 saturated carbocycles. The van der Waals surface area contributed by atoms with Crippen LogP contribution in [0.25, 0.3) is 0 Å². The minimum atomic E-state index is -0.304. The van der Waals surface area contributed by atoms with Gasteiger partial charge in [0.1, 0.15) is 6.04 Å². The van der Waals surface area contributed by atoms with Gasteiger partial charge in [0.2, 0.25) is 0 Å². The molecule has 1 N–H and O–H groups in total. The molecule has 1 fully saturated rings. The van der Waals surface area contributed by atoms with Crippen molar-refractivity contribution in [1.29, 1.82) is 0 Å². The van der Waals surface area contributed by atoms with E-state index in [4.69, 9.17) is 9.47 Å². The van der Waals surface area contributed by atoms with Crippen LogP contribution in [0.1, 0.15) is 46.5 Å². The van der Waals surface area contributed by atoms with Crippen LogP contribution in [0.2, 0.25) is 0 Å². The summed E-state index contributed by atoms with van der Waals surface area (Å²) in [6.07, 6.45) is 4.64. The van der Waals surface area contributed by atoms with Crippen LogP contribution in [0.4, 0.5) is 0 Å². The van der Waals surface area contributed by atoms with Gasteiger partial charge in [-0.25, -0.2) is 0 Å². The summed E-state index contributed by atoms with van der Waals surface area (Å²) in [5, 5.41) is 3.27. The zero-order chi connectivity index (χ0) is 12.7. The maximum atomic E-state index is 11.7. The summed E-state index contributed by atoms with van der Waals surface area (Å²) < 4.78 is 10.7. The molecule has 0 aliphatic heterocycles. The van der Waals surface area contributed by atoms with Gasteiger partial charge in [0.25, 0.3) is 0 Å². The van der Waals surface area contributed by atoms with Crippen molar-refractivity contribution >= 4 is 5.97 Å². The molecule has 0 radical (unpaired) electrons. The highest BCUT2D eigenvalue weighted by molar-refractivity contribution is 5.76. The highest BCUT2D eigenvalue weighted by Gasteiger charge is 2.29. The standard InChI is InChI=1S/C13H25NO3/c1-4-6-10(3)17-9-12(13(15)16-5-2)14-11-7-8-11/h10-12,14H,4-9H2,1-3H3. The summed E-state index contributed by atoms with van der Waals surface area (Å²) in [6, 6.07) is 0.177. The summed E-state index contributed by atoms with van der Waals surface area (Å²) in [5.74, 6) is -0.192. The molecule has 17 heavy (non-hydrogen) atoms. The van der Waals surface area contributed by atoms with Gasteiger partial charge in [-0.2, -0.15) is 0 Å². The zero-order valence-corrected chi connectivity index (χ0v) is 11.2. The Morgan fingerprint density at radius 3 is 2.65 bits per heavy atom. The molecule has 100 valence electrons. The van der Waals surface area contributed by atoms with Crippen molar-refractivity contribution in [2.24, 2.45) is 0 Å². The Balaban J connectivity index is 2.31. The van der Waals surface area contributed by atoms with Crippen LogP contribution in [0, 0.1) is 0 Å². The first-order valence-corrected chi connectivity index (χ1v) is 6.71. The maximum Gasteiger partial charge on any atom is 0.325 e. The van der Waals surface area contributed by atoms with Crippen LogP contribution in [-0.4, -0.2) is 37.4 Å². The molecule has 2 unspecified atom stereocenters. The molecule has 1 aliphatic carbocycles. The molecule has 0 bridgehead atoms. The van der Waals surface area contributed by atoms with Crippen LogP contribution in [0.5, 0.6) is 0 Å². The maximum absolute atomic E-state index is 11.7. The van der Waals surface area contributed by atoms with E-state index in [1.165, 1.54) is 0 Å². The van der Waals surface area contributed by atoms with Gasteiger partial charge in [0.05, 0.1) is 19.3 Å². The number of hydrogen-bond acceptors (Lipinski definition) is 4. The molecule has 1 aliphatic rings. The van der Waals surface area contributed by atoms with E-state index < -0.39 is 0 Å². The molecule has 0 aromatic carbocycles. The van der Waals surface area contributed by atoms with E-state index in [1.54, 1.807) is 0 Å². The number of ether oxygens (including phenoxy) is 2. The SMILES string of the molecule is CCCC(C)OCC(NC1CC1)C(=O)OCC. The molecule has 0 amide bonds. The molecule has 4 nitrogen and oxygen atoms in total. The van der Waals surface area contributed by atoms with Crippen molar-refractivity contribution in [2.75, 3.05) is 13.2 Å². The van der Waals surface area contributed by atoms with E-state index in [9.17, 15) is 4.79 Å². The molecular formula is C13H25NO3. The summed E-state index contributed by atoms with van der Waals surface area (Å²) in [6.45, 7) is 6.84. The average Bonchev–Trinajstić information content (AvgIpc) is 3.08. The third kappa shape index (κ3) is 6.03. The molecular weight excluding hydrogens is 218 g/mol. The van der Waals surface area contributed by atoms with Gasteiger partial charge in [0.15, 0.2) is 0 Å². The van der Waals surface area contributed by atoms with Crippen LogP contribution >= 0.6 is 0 Å². The summed E-state index contributed by atoms with van der Waals surface area (Å²) in [4.78, 5) is 11.7. The summed E-state index contributed by atoms with van der Waals surface area (Å²) in [5.41, 5.74) is 0. The molecule has 0 aromatic rings. The number of carbonyl (C=O) groups is 1. The van der Waals surface area contributed by atoms with Crippen molar-refractivity contribution in [2.45, 2.75) is 64.6 Å². The third-order valence-corrected chi connectivity index (χ3v) is 2.83. The number of rotatable bonds is 9. The highest BCUT2D eigenvalue weighted by Crippen LogP contribution is 2.19. The quantitative estimate of drug-likeness (QED) is 0.628. The van der Waals surface area contributed by atoms with Gasteiger partial charge in [-0.1, -0.05) is 13.3 Å². The van der Waals surface area contributed by atoms with Gasteiger partial charge in [-0.05, 0) is 33.1 Å². The highest BCUT2D eigenvalue weighted by atomic mass is 16.5. The lowest BCUT2D eigenvalue weighted by atomic mass is 10.2. The lowest BCUT2D eigenvalue weighted by molar-refractivity contribution is -0.148. The number of hydrogen-bond donors (Lipinski definition) is 1. The molecule has 1 rings (SSSR count). The van der Waals surface area contributed by atoms with Crippen molar-refractivity contribution in [3.8, 4) is 0 Å². The molecule has 0 aromatic heterocycles. The molecule has 0 saturated heterocycles. The van der Waals surface area contributed by atoms with E-state index in [0.717, 1.165) is 25.7 Å². The summed E-state index contributed by atoms with van der Waals surface area (Å²) >= 11 is 0. The number of nitrogens with one attached hydrogen (secondary N) is 1. The van der Waals surface area contributed by atoms with E-state index in [0.29, 0.717) is 19.3 Å². The second-order valence-electron chi connectivity index (χ2n) is 4.68. The van der Waals surface area contributed by atoms with E-state index in [2.05, 4.69) is 12.2 Å². The lowest BCUT2D eigenvalue weighted by Crippen LogP contribution is -2.43. The van der Waals surface area contributed by atoms with E-state index in [1.807, 2.05) is 13.8 Å². The third-order valence-electron chi connectivity index (χ3n) is 2.83. The van der Waals surface area contributed by atoms with Crippen LogP contribution in [0.15, 0.2) is 0 Å². The lowest BCUT2D eigenvalue weighted by Gasteiger charge is -2.19. The fraction of sp³-hybridized carbons (Fsp3) is 0.923. The largest absolute Gasteiger partial charge is 0.465 e. The Hall–Kier alpha value is -0.610. The van der Waals surface area contributed by atoms with Crippen LogP contribution < -0.4 is 5.32 Å². The first-order valence-electron chi connectivity index (χ1n) is 6.71. The number of esters is 1. The minimum Gasteiger partial charge on any atom is -0.465 e. The van der Waals surface area contributed by atoms with E-state index >= 15 is 0 Å². The molecule has 2 atom stereocenters. The normalized spacial score (nSPS) is 18.8. The number of carbonyl (C=O) groups excluding carboxylic acids is 1. The monoisotopic (exact) mass is 243 g/mol. The Kier molecular flexibility index (Phi) is 6.52. The molecule has 0 spiro atoms. The smallest absolute Gasteiger partial charge is 0.325 e. The second kappa shape index (κ2) is 7.67. The van der Waals surface area contributed by atoms with Crippen molar-refractivity contribution in [3.63, 3.8) is 0 Å². The predicted octanol–water partition coefficient (Wildman–Crippen LogP) is 1.88. The van der Waals surface area contributed by atoms with Crippen LogP contribution in [-0.2, 0) is 14.3 Å². The Bertz CT molecular complexity index is 229. The van der Waals surface area contributed by atoms with Crippen molar-refractivity contribution in [1.82, 2.24) is 5.32 Å². The fourth-order valence-electron chi connectivity index (χ4n) is 1.71. The molecule has 4 heteroatoms. The van der Waals surface area contributed by atoms with Gasteiger partial charge in [-0.15, -0.1) is 0 Å². The first kappa shape index (κ1) is 14.5. The fourth-order valence-corrected chi connectivity index (χ4v) is 1.71. The minimum absolute atomic E-state index is 0.192. The Morgan fingerprint density at radius 2 is 2.12 bits per heavy atom. The zero-order valence-electron chi connectivity index (χ0n) is 11.2. The predicted molar refractivity (Wildman–Crippen MR) is 66.9 cm³/mol. The average molecular weight is 243 g/mol. The van der Waals surface area contributed by atoms with E-state index in [-0.39, 0.29) is 18.1 Å². The summed E-state index contributed by atoms with van der Waals surface area (Å²) in [7, 11) is 0. The van der Waals surface area contributed by atoms with Crippen LogP contribution in [0.3, 0.4) is 0 Å². The Morgan fingerprint density at radius 1 is 1.41 bits per heavy atom. The topological polar surface area (TPSA) is 47.6 Å². The van der Waals surface area contributed by atoms with Gasteiger partial charge in [-0.3, -0.25) is 10.1 Å². The van der Waals surface area contributed by atoms with Crippen molar-refractivity contribution < 1.29 is 14.3 Å². The molecule has 0 heterocycles. The van der Waals surface area contributed by atoms with Gasteiger partial charge < -0.3 is 9.47 Å². The van der Waals surface area contributed by atoms with Crippen molar-refractivity contribution in [3.05, 3.63) is 0 Å². The Labute approximate surface area is 104 Å².